The summed E-state index contributed by atoms with van der Waals surface area (Å²) in [5, 5.41) is 0.577. The fourth-order valence-electron chi connectivity index (χ4n) is 2.63. The van der Waals surface area contributed by atoms with Gasteiger partial charge in [0.05, 0.1) is 5.38 Å². The van der Waals surface area contributed by atoms with Crippen molar-refractivity contribution in [2.45, 2.75) is 33.1 Å². The van der Waals surface area contributed by atoms with E-state index >= 15 is 0 Å². The highest BCUT2D eigenvalue weighted by molar-refractivity contribution is 6.31. The lowest BCUT2D eigenvalue weighted by molar-refractivity contribution is 1.06. The van der Waals surface area contributed by atoms with Gasteiger partial charge in [-0.1, -0.05) is 35.4 Å². The van der Waals surface area contributed by atoms with Crippen LogP contribution in [0.4, 0.5) is 0 Å². The van der Waals surface area contributed by atoms with Gasteiger partial charge in [-0.3, -0.25) is 0 Å². The highest BCUT2D eigenvalue weighted by Gasteiger charge is 2.18. The number of aryl methyl sites for hydroxylation is 4. The van der Waals surface area contributed by atoms with Crippen molar-refractivity contribution in [3.8, 4) is 0 Å². The van der Waals surface area contributed by atoms with Gasteiger partial charge in [-0.05, 0) is 67.6 Å². The molecule has 0 fully saturated rings. The highest BCUT2D eigenvalue weighted by Crippen LogP contribution is 2.36. The highest BCUT2D eigenvalue weighted by atomic mass is 35.5. The van der Waals surface area contributed by atoms with Gasteiger partial charge in [0, 0.05) is 5.02 Å². The molecule has 0 aromatic heterocycles. The molecule has 1 atom stereocenters. The van der Waals surface area contributed by atoms with E-state index in [0.717, 1.165) is 10.6 Å². The van der Waals surface area contributed by atoms with Gasteiger partial charge in [-0.15, -0.1) is 11.6 Å². The van der Waals surface area contributed by atoms with Gasteiger partial charge in [-0.2, -0.15) is 0 Å². The molecule has 0 heterocycles. The third kappa shape index (κ3) is 2.96. The molecule has 2 heteroatoms. The summed E-state index contributed by atoms with van der Waals surface area (Å²) in [6.45, 7) is 8.41. The zero-order chi connectivity index (χ0) is 14.2. The molecule has 0 saturated carbocycles. The van der Waals surface area contributed by atoms with Gasteiger partial charge in [0.15, 0.2) is 0 Å². The molecule has 100 valence electrons. The van der Waals surface area contributed by atoms with Gasteiger partial charge in [0.25, 0.3) is 0 Å². The van der Waals surface area contributed by atoms with Crippen molar-refractivity contribution in [2.24, 2.45) is 0 Å². The molecule has 19 heavy (non-hydrogen) atoms. The molecule has 0 nitrogen and oxygen atoms in total. The van der Waals surface area contributed by atoms with E-state index in [1.54, 1.807) is 0 Å². The molecule has 1 unspecified atom stereocenters. The SMILES string of the molecule is Cc1cc(C)c(C(Cl)c2cc(Cl)ccc2C)c(C)c1. The van der Waals surface area contributed by atoms with Gasteiger partial charge in [-0.25, -0.2) is 0 Å². The van der Waals surface area contributed by atoms with Crippen LogP contribution in [0.25, 0.3) is 0 Å². The van der Waals surface area contributed by atoms with E-state index in [9.17, 15) is 0 Å². The Morgan fingerprint density at radius 2 is 1.42 bits per heavy atom. The Hall–Kier alpha value is -0.980. The predicted octanol–water partition coefficient (Wildman–Crippen LogP) is 5.90. The van der Waals surface area contributed by atoms with Crippen LogP contribution < -0.4 is 0 Å². The molecule has 0 N–H and O–H groups in total. The van der Waals surface area contributed by atoms with Crippen LogP contribution in [0.5, 0.6) is 0 Å². The lowest BCUT2D eigenvalue weighted by atomic mass is 9.92. The quantitative estimate of drug-likeness (QED) is 0.604. The smallest absolute Gasteiger partial charge is 0.0843 e. The van der Waals surface area contributed by atoms with Crippen LogP contribution in [0.3, 0.4) is 0 Å². The van der Waals surface area contributed by atoms with E-state index in [1.807, 2.05) is 18.2 Å². The lowest BCUT2D eigenvalue weighted by Crippen LogP contribution is -2.02. The number of halogens is 2. The number of benzene rings is 2. The van der Waals surface area contributed by atoms with Crippen LogP contribution >= 0.6 is 23.2 Å². The summed E-state index contributed by atoms with van der Waals surface area (Å²) in [6, 6.07) is 10.2. The average Bonchev–Trinajstić information content (AvgIpc) is 2.30. The first-order valence-corrected chi connectivity index (χ1v) is 7.19. The Labute approximate surface area is 125 Å². The molecule has 2 rings (SSSR count). The Morgan fingerprint density at radius 1 is 0.842 bits per heavy atom. The van der Waals surface area contributed by atoms with E-state index in [4.69, 9.17) is 23.2 Å². The predicted molar refractivity (Wildman–Crippen MR) is 84.5 cm³/mol. The van der Waals surface area contributed by atoms with Crippen LogP contribution in [-0.2, 0) is 0 Å². The summed E-state index contributed by atoms with van der Waals surface area (Å²) >= 11 is 12.8. The summed E-state index contributed by atoms with van der Waals surface area (Å²) in [5.74, 6) is 0. The fourth-order valence-corrected chi connectivity index (χ4v) is 3.39. The summed E-state index contributed by atoms with van der Waals surface area (Å²) < 4.78 is 0. The van der Waals surface area contributed by atoms with E-state index in [-0.39, 0.29) is 5.38 Å². The van der Waals surface area contributed by atoms with Crippen molar-refractivity contribution in [1.29, 1.82) is 0 Å². The number of alkyl halides is 1. The summed E-state index contributed by atoms with van der Waals surface area (Å²) in [7, 11) is 0. The van der Waals surface area contributed by atoms with E-state index < -0.39 is 0 Å². The normalized spacial score (nSPS) is 12.5. The standard InChI is InChI=1S/C17H18Cl2/c1-10-7-12(3)16(13(4)8-10)17(19)15-9-14(18)6-5-11(15)2/h5-9,17H,1-4H3. The minimum absolute atomic E-state index is 0.153. The Kier molecular flexibility index (Phi) is 4.23. The first-order chi connectivity index (χ1) is 8.90. The van der Waals surface area contributed by atoms with Crippen LogP contribution in [0.2, 0.25) is 5.02 Å². The minimum Gasteiger partial charge on any atom is -0.113 e. The third-order valence-corrected chi connectivity index (χ3v) is 4.19. The molecule has 0 amide bonds. The monoisotopic (exact) mass is 292 g/mol. The summed E-state index contributed by atoms with van der Waals surface area (Å²) in [4.78, 5) is 0. The lowest BCUT2D eigenvalue weighted by Gasteiger charge is -2.19. The zero-order valence-electron chi connectivity index (χ0n) is 11.7. The average molecular weight is 293 g/mol. The van der Waals surface area contributed by atoms with Gasteiger partial charge >= 0.3 is 0 Å². The first kappa shape index (κ1) is 14.4. The van der Waals surface area contributed by atoms with E-state index in [0.29, 0.717) is 0 Å². The van der Waals surface area contributed by atoms with Crippen molar-refractivity contribution >= 4 is 23.2 Å². The maximum absolute atomic E-state index is 6.71. The number of hydrogen-bond donors (Lipinski definition) is 0. The van der Waals surface area contributed by atoms with E-state index in [1.165, 1.54) is 27.8 Å². The second-order valence-corrected chi connectivity index (χ2v) is 6.05. The van der Waals surface area contributed by atoms with Crippen LogP contribution in [0.15, 0.2) is 30.3 Å². The molecule has 0 bridgehead atoms. The fraction of sp³-hybridized carbons (Fsp3) is 0.294. The second kappa shape index (κ2) is 5.56. The van der Waals surface area contributed by atoms with Gasteiger partial charge in [0.1, 0.15) is 0 Å². The van der Waals surface area contributed by atoms with Gasteiger partial charge in [0.2, 0.25) is 0 Å². The number of hydrogen-bond acceptors (Lipinski definition) is 0. The second-order valence-electron chi connectivity index (χ2n) is 5.18. The Morgan fingerprint density at radius 3 is 2.00 bits per heavy atom. The molecule has 0 aliphatic carbocycles. The zero-order valence-corrected chi connectivity index (χ0v) is 13.2. The maximum atomic E-state index is 6.71. The van der Waals surface area contributed by atoms with Crippen molar-refractivity contribution in [2.75, 3.05) is 0 Å². The van der Waals surface area contributed by atoms with E-state index in [2.05, 4.69) is 39.8 Å². The van der Waals surface area contributed by atoms with Crippen LogP contribution in [0.1, 0.15) is 38.8 Å². The molecule has 2 aromatic carbocycles. The Balaban J connectivity index is 2.56. The van der Waals surface area contributed by atoms with Crippen LogP contribution in [-0.4, -0.2) is 0 Å². The third-order valence-electron chi connectivity index (χ3n) is 3.51. The molecule has 2 aromatic rings. The number of rotatable bonds is 2. The molecule has 0 radical (unpaired) electrons. The molecule has 0 aliphatic rings. The minimum atomic E-state index is -0.153. The molecule has 0 spiro atoms. The van der Waals surface area contributed by atoms with Crippen molar-refractivity contribution < 1.29 is 0 Å². The van der Waals surface area contributed by atoms with Crippen molar-refractivity contribution in [3.63, 3.8) is 0 Å². The van der Waals surface area contributed by atoms with Gasteiger partial charge < -0.3 is 0 Å². The molecular formula is C17H18Cl2. The molecule has 0 saturated heterocycles. The maximum Gasteiger partial charge on any atom is 0.0843 e. The molecule has 0 aliphatic heterocycles. The van der Waals surface area contributed by atoms with Crippen molar-refractivity contribution in [3.05, 3.63) is 68.7 Å². The largest absolute Gasteiger partial charge is 0.113 e. The molecular weight excluding hydrogens is 275 g/mol. The summed E-state index contributed by atoms with van der Waals surface area (Å²) in [5.41, 5.74) is 7.19. The van der Waals surface area contributed by atoms with Crippen molar-refractivity contribution in [1.82, 2.24) is 0 Å². The first-order valence-electron chi connectivity index (χ1n) is 6.38. The van der Waals surface area contributed by atoms with Crippen LogP contribution in [0, 0.1) is 27.7 Å². The topological polar surface area (TPSA) is 0 Å². The Bertz CT molecular complexity index is 592. The summed E-state index contributed by atoms with van der Waals surface area (Å²) in [6.07, 6.45) is 0.